The van der Waals surface area contributed by atoms with E-state index in [0.717, 1.165) is 19.5 Å². The van der Waals surface area contributed by atoms with E-state index in [1.165, 1.54) is 36.1 Å². The van der Waals surface area contributed by atoms with Crippen molar-refractivity contribution in [2.24, 2.45) is 5.73 Å². The summed E-state index contributed by atoms with van der Waals surface area (Å²) >= 11 is 0. The number of nitrogens with two attached hydrogens (primary N) is 1. The lowest BCUT2D eigenvalue weighted by Gasteiger charge is -2.49. The molecule has 112 valence electrons. The second-order valence-corrected chi connectivity index (χ2v) is 6.48. The molecule has 1 aliphatic rings. The highest BCUT2D eigenvalue weighted by Crippen LogP contribution is 2.37. The predicted molar refractivity (Wildman–Crippen MR) is 87.5 cm³/mol. The van der Waals surface area contributed by atoms with E-state index in [1.54, 1.807) is 0 Å². The maximum absolute atomic E-state index is 5.65. The normalized spacial score (nSPS) is 17.1. The third-order valence-corrected chi connectivity index (χ3v) is 4.95. The van der Waals surface area contributed by atoms with Gasteiger partial charge in [0.1, 0.15) is 0 Å². The van der Waals surface area contributed by atoms with E-state index in [4.69, 9.17) is 5.73 Å². The molecule has 0 amide bonds. The largest absolute Gasteiger partial charge is 0.373 e. The van der Waals surface area contributed by atoms with Crippen molar-refractivity contribution in [3.05, 3.63) is 29.3 Å². The van der Waals surface area contributed by atoms with E-state index in [2.05, 4.69) is 56.1 Å². The number of aryl methyl sites for hydroxylation is 1. The van der Waals surface area contributed by atoms with Crippen molar-refractivity contribution in [2.45, 2.75) is 38.1 Å². The molecular weight excluding hydrogens is 246 g/mol. The minimum atomic E-state index is 0.374. The Morgan fingerprint density at radius 3 is 2.35 bits per heavy atom. The van der Waals surface area contributed by atoms with Gasteiger partial charge in [0.15, 0.2) is 0 Å². The first-order chi connectivity index (χ1) is 9.48. The maximum atomic E-state index is 5.65. The highest BCUT2D eigenvalue weighted by atomic mass is 15.2. The van der Waals surface area contributed by atoms with Crippen molar-refractivity contribution >= 4 is 5.69 Å². The molecule has 0 radical (unpaired) electrons. The fourth-order valence-electron chi connectivity index (χ4n) is 3.22. The molecule has 3 nitrogen and oxygen atoms in total. The summed E-state index contributed by atoms with van der Waals surface area (Å²) in [5.74, 6) is 0. The Hall–Kier alpha value is -1.06. The number of likely N-dealkylation sites (N-methyl/N-ethyl adjacent to an activating group) is 2. The van der Waals surface area contributed by atoms with Gasteiger partial charge < -0.3 is 15.5 Å². The van der Waals surface area contributed by atoms with Crippen LogP contribution in [0.1, 0.15) is 30.4 Å². The van der Waals surface area contributed by atoms with Crippen LogP contribution in [0.25, 0.3) is 0 Å². The lowest BCUT2D eigenvalue weighted by molar-refractivity contribution is 0.0683. The molecule has 2 N–H and O–H groups in total. The van der Waals surface area contributed by atoms with E-state index >= 15 is 0 Å². The summed E-state index contributed by atoms with van der Waals surface area (Å²) in [4.78, 5) is 4.81. The van der Waals surface area contributed by atoms with E-state index in [9.17, 15) is 0 Å². The Bertz CT molecular complexity index is 450. The third-order valence-electron chi connectivity index (χ3n) is 4.95. The molecule has 1 fully saturated rings. The van der Waals surface area contributed by atoms with Gasteiger partial charge in [-0.1, -0.05) is 6.07 Å². The van der Waals surface area contributed by atoms with Crippen LogP contribution in [0, 0.1) is 6.92 Å². The number of anilines is 1. The Kier molecular flexibility index (Phi) is 4.71. The maximum Gasteiger partial charge on any atom is 0.0378 e. The number of hydrogen-bond acceptors (Lipinski definition) is 3. The predicted octanol–water partition coefficient (Wildman–Crippen LogP) is 2.42. The van der Waals surface area contributed by atoms with Crippen molar-refractivity contribution in [3.8, 4) is 0 Å². The molecule has 1 aromatic carbocycles. The number of nitrogens with zero attached hydrogens (tertiary/aromatic N) is 2. The van der Waals surface area contributed by atoms with Crippen LogP contribution < -0.4 is 10.6 Å². The summed E-state index contributed by atoms with van der Waals surface area (Å²) in [6.07, 6.45) is 4.96. The van der Waals surface area contributed by atoms with Crippen LogP contribution in [0.5, 0.6) is 0 Å². The van der Waals surface area contributed by atoms with Gasteiger partial charge in [0.25, 0.3) is 0 Å². The fraction of sp³-hybridized carbons (Fsp3) is 0.647. The second-order valence-electron chi connectivity index (χ2n) is 6.48. The molecule has 0 aromatic heterocycles. The smallest absolute Gasteiger partial charge is 0.0378 e. The van der Waals surface area contributed by atoms with Gasteiger partial charge in [-0.3, -0.25) is 0 Å². The minimum absolute atomic E-state index is 0.374. The van der Waals surface area contributed by atoms with Crippen LogP contribution >= 0.6 is 0 Å². The first-order valence-electron chi connectivity index (χ1n) is 7.67. The number of rotatable bonds is 6. The van der Waals surface area contributed by atoms with Gasteiger partial charge in [-0.15, -0.1) is 0 Å². The molecule has 0 aliphatic heterocycles. The molecule has 0 atom stereocenters. The lowest BCUT2D eigenvalue weighted by Crippen LogP contribution is -2.56. The zero-order chi connectivity index (χ0) is 14.8. The quantitative estimate of drug-likeness (QED) is 0.865. The van der Waals surface area contributed by atoms with Crippen molar-refractivity contribution in [1.29, 1.82) is 0 Å². The summed E-state index contributed by atoms with van der Waals surface area (Å²) in [5, 5.41) is 0. The molecular formula is C17H29N3. The molecule has 0 spiro atoms. The molecule has 2 rings (SSSR count). The van der Waals surface area contributed by atoms with Gasteiger partial charge in [0.05, 0.1) is 0 Å². The molecule has 1 aliphatic carbocycles. The van der Waals surface area contributed by atoms with Crippen LogP contribution in [-0.2, 0) is 6.42 Å². The van der Waals surface area contributed by atoms with Crippen LogP contribution in [0.3, 0.4) is 0 Å². The standard InChI is InChI=1S/C17H29N3/c1-14-12-16(7-6-15(14)8-11-18)20(4)13-17(19(2)3)9-5-10-17/h6-7,12H,5,8-11,13,18H2,1-4H3. The fourth-order valence-corrected chi connectivity index (χ4v) is 3.22. The molecule has 0 unspecified atom stereocenters. The van der Waals surface area contributed by atoms with Gasteiger partial charge in [0.2, 0.25) is 0 Å². The van der Waals surface area contributed by atoms with Crippen LogP contribution in [0.4, 0.5) is 5.69 Å². The van der Waals surface area contributed by atoms with E-state index in [-0.39, 0.29) is 0 Å². The van der Waals surface area contributed by atoms with Gasteiger partial charge in [-0.2, -0.15) is 0 Å². The van der Waals surface area contributed by atoms with Gasteiger partial charge in [-0.25, -0.2) is 0 Å². The summed E-state index contributed by atoms with van der Waals surface area (Å²) in [6, 6.07) is 6.77. The van der Waals surface area contributed by atoms with Crippen LogP contribution in [0.15, 0.2) is 18.2 Å². The second kappa shape index (κ2) is 6.15. The van der Waals surface area contributed by atoms with Gasteiger partial charge >= 0.3 is 0 Å². The molecule has 3 heteroatoms. The highest BCUT2D eigenvalue weighted by molar-refractivity contribution is 5.50. The molecule has 0 bridgehead atoms. The summed E-state index contributed by atoms with van der Waals surface area (Å²) in [6.45, 7) is 4.02. The van der Waals surface area contributed by atoms with E-state index in [1.807, 2.05) is 0 Å². The zero-order valence-corrected chi connectivity index (χ0v) is 13.4. The molecule has 1 saturated carbocycles. The number of benzene rings is 1. The molecule has 1 aromatic rings. The first kappa shape index (κ1) is 15.3. The highest BCUT2D eigenvalue weighted by Gasteiger charge is 2.39. The first-order valence-corrected chi connectivity index (χ1v) is 7.67. The van der Waals surface area contributed by atoms with Gasteiger partial charge in [-0.05, 0) is 76.5 Å². The monoisotopic (exact) mass is 275 g/mol. The average molecular weight is 275 g/mol. The Balaban J connectivity index is 2.09. The van der Waals surface area contributed by atoms with E-state index < -0.39 is 0 Å². The van der Waals surface area contributed by atoms with Crippen molar-refractivity contribution in [1.82, 2.24) is 4.90 Å². The van der Waals surface area contributed by atoms with Crippen molar-refractivity contribution in [2.75, 3.05) is 39.1 Å². The molecule has 0 heterocycles. The summed E-state index contributed by atoms with van der Waals surface area (Å²) < 4.78 is 0. The summed E-state index contributed by atoms with van der Waals surface area (Å²) in [7, 11) is 6.63. The Morgan fingerprint density at radius 2 is 1.90 bits per heavy atom. The number of hydrogen-bond donors (Lipinski definition) is 1. The topological polar surface area (TPSA) is 32.5 Å². The minimum Gasteiger partial charge on any atom is -0.373 e. The SMILES string of the molecule is Cc1cc(N(C)CC2(N(C)C)CCC2)ccc1CCN. The molecule has 0 saturated heterocycles. The van der Waals surface area contributed by atoms with E-state index in [0.29, 0.717) is 5.54 Å². The Morgan fingerprint density at radius 1 is 1.20 bits per heavy atom. The van der Waals surface area contributed by atoms with Crippen LogP contribution in [0.2, 0.25) is 0 Å². The lowest BCUT2D eigenvalue weighted by atomic mass is 9.75. The van der Waals surface area contributed by atoms with Gasteiger partial charge in [0, 0.05) is 24.8 Å². The molecule has 20 heavy (non-hydrogen) atoms. The average Bonchev–Trinajstić information content (AvgIpc) is 2.35. The van der Waals surface area contributed by atoms with Crippen molar-refractivity contribution in [3.63, 3.8) is 0 Å². The Labute approximate surface area is 123 Å². The van der Waals surface area contributed by atoms with Crippen LogP contribution in [-0.4, -0.2) is 44.7 Å². The summed E-state index contributed by atoms with van der Waals surface area (Å²) in [5.41, 5.74) is 10.1. The zero-order valence-electron chi connectivity index (χ0n) is 13.4. The third kappa shape index (κ3) is 2.99. The van der Waals surface area contributed by atoms with Crippen molar-refractivity contribution < 1.29 is 0 Å².